The van der Waals surface area contributed by atoms with Crippen molar-refractivity contribution in [3.05, 3.63) is 23.7 Å². The Bertz CT molecular complexity index is 508. The molecule has 1 N–H and O–H groups in total. The second-order valence-corrected chi connectivity index (χ2v) is 6.54. The molecule has 4 nitrogen and oxygen atoms in total. The second kappa shape index (κ2) is 4.92. The van der Waals surface area contributed by atoms with E-state index in [1.807, 2.05) is 13.8 Å². The first-order valence-corrected chi connectivity index (χ1v) is 7.58. The van der Waals surface area contributed by atoms with Crippen molar-refractivity contribution in [1.82, 2.24) is 4.90 Å². The van der Waals surface area contributed by atoms with Crippen molar-refractivity contribution in [3.8, 4) is 0 Å². The van der Waals surface area contributed by atoms with Crippen molar-refractivity contribution in [1.29, 1.82) is 0 Å². The molecular weight excluding hydrogens is 254 g/mol. The third-order valence-electron chi connectivity index (χ3n) is 5.32. The first-order valence-electron chi connectivity index (χ1n) is 7.58. The summed E-state index contributed by atoms with van der Waals surface area (Å²) in [7, 11) is 0. The minimum absolute atomic E-state index is 0.164. The molecular formula is C16H23NO3. The van der Waals surface area contributed by atoms with Gasteiger partial charge < -0.3 is 9.52 Å². The summed E-state index contributed by atoms with van der Waals surface area (Å²) in [5.41, 5.74) is 0.697. The number of carboxylic acid groups (broad SMARTS) is 1. The zero-order chi connectivity index (χ0) is 14.3. The number of nitrogens with zero attached hydrogens (tertiary/aromatic N) is 1. The number of rotatable bonds is 3. The highest BCUT2D eigenvalue weighted by molar-refractivity contribution is 5.75. The molecule has 110 valence electrons. The number of likely N-dealkylation sites (tertiary alicyclic amines) is 1. The molecule has 0 radical (unpaired) electrons. The van der Waals surface area contributed by atoms with E-state index in [9.17, 15) is 9.90 Å². The van der Waals surface area contributed by atoms with Gasteiger partial charge in [0.1, 0.15) is 5.76 Å². The van der Waals surface area contributed by atoms with Crippen LogP contribution in [0.3, 0.4) is 0 Å². The van der Waals surface area contributed by atoms with Gasteiger partial charge in [-0.2, -0.15) is 0 Å². The Morgan fingerprint density at radius 3 is 3.00 bits per heavy atom. The number of carbonyl (C=O) groups is 1. The maximum Gasteiger partial charge on any atom is 0.311 e. The number of furan rings is 1. The van der Waals surface area contributed by atoms with Crippen LogP contribution in [0.2, 0.25) is 0 Å². The average molecular weight is 277 g/mol. The molecule has 20 heavy (non-hydrogen) atoms. The molecule has 0 spiro atoms. The van der Waals surface area contributed by atoms with Crippen LogP contribution in [0.5, 0.6) is 0 Å². The number of carboxylic acids is 1. The summed E-state index contributed by atoms with van der Waals surface area (Å²) in [6.07, 6.45) is 5.78. The second-order valence-electron chi connectivity index (χ2n) is 6.54. The lowest BCUT2D eigenvalue weighted by molar-refractivity contribution is -0.151. The SMILES string of the molecule is CC(C)C1(C(=O)O)CCN(C2CCCc3occc32)C1. The van der Waals surface area contributed by atoms with Crippen molar-refractivity contribution >= 4 is 5.97 Å². The van der Waals surface area contributed by atoms with E-state index in [-0.39, 0.29) is 5.92 Å². The van der Waals surface area contributed by atoms with Crippen LogP contribution in [0.15, 0.2) is 16.7 Å². The highest BCUT2D eigenvalue weighted by Crippen LogP contribution is 2.44. The van der Waals surface area contributed by atoms with Gasteiger partial charge in [0, 0.05) is 24.6 Å². The van der Waals surface area contributed by atoms with Crippen LogP contribution in [-0.4, -0.2) is 29.1 Å². The van der Waals surface area contributed by atoms with Gasteiger partial charge in [-0.05, 0) is 37.8 Å². The Hall–Kier alpha value is -1.29. The average Bonchev–Trinajstić information content (AvgIpc) is 3.05. The summed E-state index contributed by atoms with van der Waals surface area (Å²) in [4.78, 5) is 14.1. The quantitative estimate of drug-likeness (QED) is 0.922. The van der Waals surface area contributed by atoms with E-state index in [0.717, 1.165) is 38.0 Å². The van der Waals surface area contributed by atoms with E-state index >= 15 is 0 Å². The van der Waals surface area contributed by atoms with Crippen LogP contribution in [0, 0.1) is 11.3 Å². The lowest BCUT2D eigenvalue weighted by Gasteiger charge is -2.33. The molecule has 1 aliphatic carbocycles. The summed E-state index contributed by atoms with van der Waals surface area (Å²) in [6.45, 7) is 5.60. The number of aryl methyl sites for hydroxylation is 1. The topological polar surface area (TPSA) is 53.7 Å². The molecule has 1 saturated heterocycles. The number of hydrogen-bond donors (Lipinski definition) is 1. The van der Waals surface area contributed by atoms with Gasteiger partial charge in [0.15, 0.2) is 0 Å². The minimum atomic E-state index is -0.641. The molecule has 1 aliphatic heterocycles. The maximum absolute atomic E-state index is 11.7. The van der Waals surface area contributed by atoms with Gasteiger partial charge in [-0.25, -0.2) is 0 Å². The molecule has 0 amide bonds. The van der Waals surface area contributed by atoms with Crippen molar-refractivity contribution in [2.45, 2.75) is 45.6 Å². The van der Waals surface area contributed by atoms with Crippen molar-refractivity contribution in [2.75, 3.05) is 13.1 Å². The molecule has 4 heteroatoms. The van der Waals surface area contributed by atoms with Crippen LogP contribution in [0.1, 0.15) is 50.5 Å². The van der Waals surface area contributed by atoms with Crippen molar-refractivity contribution in [2.24, 2.45) is 11.3 Å². The van der Waals surface area contributed by atoms with E-state index in [0.29, 0.717) is 12.6 Å². The lowest BCUT2D eigenvalue weighted by Crippen LogP contribution is -2.40. The molecule has 1 aromatic heterocycles. The van der Waals surface area contributed by atoms with Crippen LogP contribution < -0.4 is 0 Å². The molecule has 1 aromatic rings. The van der Waals surface area contributed by atoms with Crippen molar-refractivity contribution in [3.63, 3.8) is 0 Å². The summed E-state index contributed by atoms with van der Waals surface area (Å²) in [5, 5.41) is 9.66. The zero-order valence-corrected chi connectivity index (χ0v) is 12.3. The molecule has 1 fully saturated rings. The fourth-order valence-corrected chi connectivity index (χ4v) is 3.86. The standard InChI is InChI=1S/C16H23NO3/c1-11(2)16(15(18)19)7-8-17(10-16)13-4-3-5-14-12(13)6-9-20-14/h6,9,11,13H,3-5,7-8,10H2,1-2H3,(H,18,19). The van der Waals surface area contributed by atoms with E-state index < -0.39 is 11.4 Å². The number of hydrogen-bond acceptors (Lipinski definition) is 3. The number of aliphatic carboxylic acids is 1. The fraction of sp³-hybridized carbons (Fsp3) is 0.688. The van der Waals surface area contributed by atoms with Crippen LogP contribution in [0.25, 0.3) is 0 Å². The monoisotopic (exact) mass is 277 g/mol. The third kappa shape index (κ3) is 1.97. The normalized spacial score (nSPS) is 30.6. The Morgan fingerprint density at radius 1 is 1.55 bits per heavy atom. The molecule has 2 unspecified atom stereocenters. The fourth-order valence-electron chi connectivity index (χ4n) is 3.86. The summed E-state index contributed by atoms with van der Waals surface area (Å²) in [6, 6.07) is 2.41. The van der Waals surface area contributed by atoms with Gasteiger partial charge in [0.25, 0.3) is 0 Å². The van der Waals surface area contributed by atoms with Gasteiger partial charge in [-0.15, -0.1) is 0 Å². The highest BCUT2D eigenvalue weighted by atomic mass is 16.4. The molecule has 0 saturated carbocycles. The summed E-state index contributed by atoms with van der Waals surface area (Å²) in [5.74, 6) is 0.620. The van der Waals surface area contributed by atoms with E-state index in [4.69, 9.17) is 4.42 Å². The summed E-state index contributed by atoms with van der Waals surface area (Å²) >= 11 is 0. The predicted molar refractivity (Wildman–Crippen MR) is 75.5 cm³/mol. The largest absolute Gasteiger partial charge is 0.481 e. The van der Waals surface area contributed by atoms with Crippen LogP contribution in [-0.2, 0) is 11.2 Å². The van der Waals surface area contributed by atoms with Crippen molar-refractivity contribution < 1.29 is 14.3 Å². The van der Waals surface area contributed by atoms with E-state index in [1.54, 1.807) is 6.26 Å². The van der Waals surface area contributed by atoms with Gasteiger partial charge in [0.05, 0.1) is 11.7 Å². The Labute approximate surface area is 119 Å². The van der Waals surface area contributed by atoms with Gasteiger partial charge >= 0.3 is 5.97 Å². The summed E-state index contributed by atoms with van der Waals surface area (Å²) < 4.78 is 5.55. The van der Waals surface area contributed by atoms with Gasteiger partial charge in [-0.1, -0.05) is 13.8 Å². The van der Waals surface area contributed by atoms with Crippen LogP contribution >= 0.6 is 0 Å². The smallest absolute Gasteiger partial charge is 0.311 e. The lowest BCUT2D eigenvalue weighted by atomic mass is 9.76. The maximum atomic E-state index is 11.7. The number of fused-ring (bicyclic) bond motifs is 1. The molecule has 3 rings (SSSR count). The van der Waals surface area contributed by atoms with Gasteiger partial charge in [-0.3, -0.25) is 9.69 Å². The highest BCUT2D eigenvalue weighted by Gasteiger charge is 2.49. The Morgan fingerprint density at radius 2 is 2.35 bits per heavy atom. The third-order valence-corrected chi connectivity index (χ3v) is 5.32. The Balaban J connectivity index is 1.83. The van der Waals surface area contributed by atoms with Crippen LogP contribution in [0.4, 0.5) is 0 Å². The van der Waals surface area contributed by atoms with Gasteiger partial charge in [0.2, 0.25) is 0 Å². The van der Waals surface area contributed by atoms with E-state index in [2.05, 4.69) is 11.0 Å². The molecule has 2 heterocycles. The minimum Gasteiger partial charge on any atom is -0.481 e. The Kier molecular flexibility index (Phi) is 3.36. The first-order chi connectivity index (χ1) is 9.54. The zero-order valence-electron chi connectivity index (χ0n) is 12.3. The van der Waals surface area contributed by atoms with E-state index in [1.165, 1.54) is 5.56 Å². The molecule has 0 aromatic carbocycles. The molecule has 0 bridgehead atoms. The molecule has 2 atom stereocenters. The first kappa shape index (κ1) is 13.7. The molecule has 2 aliphatic rings. The predicted octanol–water partition coefficient (Wildman–Crippen LogP) is 3.09.